The third-order valence-electron chi connectivity index (χ3n) is 2.52. The highest BCUT2D eigenvalue weighted by Gasteiger charge is 2.15. The Morgan fingerprint density at radius 1 is 0.944 bits per heavy atom. The number of nitrogen functional groups attached to an aromatic ring is 2. The molecule has 2 rings (SSSR count). The average molecular weight is 248 g/mol. The Morgan fingerprint density at radius 2 is 1.67 bits per heavy atom. The van der Waals surface area contributed by atoms with Crippen molar-refractivity contribution in [3.8, 4) is 0 Å². The van der Waals surface area contributed by atoms with Gasteiger partial charge in [-0.1, -0.05) is 0 Å². The van der Waals surface area contributed by atoms with Gasteiger partial charge in [-0.3, -0.25) is 4.79 Å². The van der Waals surface area contributed by atoms with Crippen LogP contribution in [0.4, 0.5) is 20.2 Å². The lowest BCUT2D eigenvalue weighted by Gasteiger charge is -2.05. The first-order valence-electron chi connectivity index (χ1n) is 5.14. The Balaban J connectivity index is 2.47. The monoisotopic (exact) mass is 248 g/mol. The molecule has 0 aliphatic heterocycles. The van der Waals surface area contributed by atoms with Crippen molar-refractivity contribution in [2.75, 3.05) is 11.5 Å². The number of anilines is 2. The Bertz CT molecular complexity index is 626. The second-order valence-electron chi connectivity index (χ2n) is 3.80. The van der Waals surface area contributed by atoms with Crippen molar-refractivity contribution in [1.29, 1.82) is 0 Å². The van der Waals surface area contributed by atoms with E-state index in [4.69, 9.17) is 11.5 Å². The average Bonchev–Trinajstić information content (AvgIpc) is 2.35. The highest BCUT2D eigenvalue weighted by atomic mass is 19.1. The van der Waals surface area contributed by atoms with Crippen molar-refractivity contribution in [2.24, 2.45) is 0 Å². The molecule has 0 aliphatic rings. The maximum atomic E-state index is 13.4. The van der Waals surface area contributed by atoms with Crippen LogP contribution in [0.3, 0.4) is 0 Å². The van der Waals surface area contributed by atoms with Gasteiger partial charge in [0.15, 0.2) is 5.78 Å². The summed E-state index contributed by atoms with van der Waals surface area (Å²) in [5.74, 6) is -2.10. The zero-order valence-corrected chi connectivity index (χ0v) is 9.28. The molecule has 0 fully saturated rings. The molecule has 0 bridgehead atoms. The van der Waals surface area contributed by atoms with E-state index in [0.29, 0.717) is 5.69 Å². The minimum atomic E-state index is -0.781. The van der Waals surface area contributed by atoms with Gasteiger partial charge >= 0.3 is 0 Å². The molecule has 0 heterocycles. The van der Waals surface area contributed by atoms with Crippen LogP contribution in [0.15, 0.2) is 36.4 Å². The first kappa shape index (κ1) is 12.0. The van der Waals surface area contributed by atoms with Crippen molar-refractivity contribution in [3.05, 3.63) is 59.2 Å². The summed E-state index contributed by atoms with van der Waals surface area (Å²) >= 11 is 0. The fourth-order valence-corrected chi connectivity index (χ4v) is 1.54. The number of carbonyl (C=O) groups is 1. The van der Waals surface area contributed by atoms with Crippen LogP contribution in [0.2, 0.25) is 0 Å². The number of carbonyl (C=O) groups excluding carboxylic acids is 1. The van der Waals surface area contributed by atoms with E-state index in [1.165, 1.54) is 18.2 Å². The van der Waals surface area contributed by atoms with Gasteiger partial charge in [0.05, 0.1) is 16.9 Å². The van der Waals surface area contributed by atoms with Gasteiger partial charge in [-0.25, -0.2) is 8.78 Å². The van der Waals surface area contributed by atoms with E-state index in [1.54, 1.807) is 0 Å². The maximum Gasteiger partial charge on any atom is 0.196 e. The van der Waals surface area contributed by atoms with E-state index < -0.39 is 17.4 Å². The van der Waals surface area contributed by atoms with Gasteiger partial charge in [0.2, 0.25) is 0 Å². The SMILES string of the molecule is Nc1ccc(C(=O)c2cc(F)ccc2F)cc1N. The molecule has 4 N–H and O–H groups in total. The van der Waals surface area contributed by atoms with Crippen LogP contribution in [0.5, 0.6) is 0 Å². The molecule has 0 aromatic heterocycles. The smallest absolute Gasteiger partial charge is 0.196 e. The van der Waals surface area contributed by atoms with E-state index in [2.05, 4.69) is 0 Å². The molecule has 0 amide bonds. The Hall–Kier alpha value is -2.43. The fraction of sp³-hybridized carbons (Fsp3) is 0. The van der Waals surface area contributed by atoms with Crippen LogP contribution in [0, 0.1) is 11.6 Å². The van der Waals surface area contributed by atoms with E-state index in [-0.39, 0.29) is 16.8 Å². The first-order valence-corrected chi connectivity index (χ1v) is 5.14. The van der Waals surface area contributed by atoms with Gasteiger partial charge in [-0.15, -0.1) is 0 Å². The molecule has 5 heteroatoms. The standard InChI is InChI=1S/C13H10F2N2O/c14-8-2-3-10(15)9(6-8)13(18)7-1-4-11(16)12(17)5-7/h1-6H,16-17H2. The number of rotatable bonds is 2. The van der Waals surface area contributed by atoms with Crippen LogP contribution in [0.25, 0.3) is 0 Å². The number of benzene rings is 2. The quantitative estimate of drug-likeness (QED) is 0.633. The third-order valence-corrected chi connectivity index (χ3v) is 2.52. The van der Waals surface area contributed by atoms with Crippen LogP contribution in [-0.2, 0) is 0 Å². The van der Waals surface area contributed by atoms with Crippen LogP contribution in [0.1, 0.15) is 15.9 Å². The molecule has 0 atom stereocenters. The van der Waals surface area contributed by atoms with Crippen molar-refractivity contribution in [1.82, 2.24) is 0 Å². The number of nitrogens with two attached hydrogens (primary N) is 2. The number of ketones is 1. The van der Waals surface area contributed by atoms with Crippen LogP contribution < -0.4 is 11.5 Å². The minimum absolute atomic E-state index is 0.159. The van der Waals surface area contributed by atoms with Gasteiger partial charge in [0.25, 0.3) is 0 Å². The summed E-state index contributed by atoms with van der Waals surface area (Å²) in [5.41, 5.74) is 11.4. The van der Waals surface area contributed by atoms with Gasteiger partial charge in [0, 0.05) is 5.56 Å². The summed E-state index contributed by atoms with van der Waals surface area (Å²) in [5, 5.41) is 0. The maximum absolute atomic E-state index is 13.4. The normalized spacial score (nSPS) is 10.3. The summed E-state index contributed by atoms with van der Waals surface area (Å²) in [6, 6.07) is 6.90. The predicted molar refractivity (Wildman–Crippen MR) is 65.1 cm³/mol. The molecule has 92 valence electrons. The summed E-state index contributed by atoms with van der Waals surface area (Å²) in [6.07, 6.45) is 0. The van der Waals surface area contributed by atoms with Crippen molar-refractivity contribution >= 4 is 17.2 Å². The Kier molecular flexibility index (Phi) is 2.97. The molecule has 0 radical (unpaired) electrons. The summed E-state index contributed by atoms with van der Waals surface area (Å²) in [4.78, 5) is 12.0. The molecular formula is C13H10F2N2O. The van der Waals surface area contributed by atoms with Gasteiger partial charge in [-0.2, -0.15) is 0 Å². The topological polar surface area (TPSA) is 69.1 Å². The number of hydrogen-bond acceptors (Lipinski definition) is 3. The van der Waals surface area contributed by atoms with Crippen LogP contribution in [-0.4, -0.2) is 5.78 Å². The van der Waals surface area contributed by atoms with Gasteiger partial charge in [-0.05, 0) is 36.4 Å². The lowest BCUT2D eigenvalue weighted by atomic mass is 10.0. The molecule has 0 saturated heterocycles. The molecule has 0 saturated carbocycles. The fourth-order valence-electron chi connectivity index (χ4n) is 1.54. The largest absolute Gasteiger partial charge is 0.397 e. The van der Waals surface area contributed by atoms with Crippen molar-refractivity contribution in [3.63, 3.8) is 0 Å². The summed E-state index contributed by atoms with van der Waals surface area (Å²) < 4.78 is 26.4. The second-order valence-corrected chi connectivity index (χ2v) is 3.80. The van der Waals surface area contributed by atoms with E-state index in [0.717, 1.165) is 18.2 Å². The molecule has 0 spiro atoms. The molecular weight excluding hydrogens is 238 g/mol. The zero-order chi connectivity index (χ0) is 13.3. The Labute approximate surface area is 102 Å². The molecule has 0 aliphatic carbocycles. The zero-order valence-electron chi connectivity index (χ0n) is 9.28. The minimum Gasteiger partial charge on any atom is -0.397 e. The lowest BCUT2D eigenvalue weighted by Crippen LogP contribution is -2.06. The molecule has 2 aromatic carbocycles. The molecule has 0 unspecified atom stereocenters. The number of halogens is 2. The van der Waals surface area contributed by atoms with E-state index in [9.17, 15) is 13.6 Å². The third kappa shape index (κ3) is 2.15. The highest BCUT2D eigenvalue weighted by molar-refractivity contribution is 6.09. The lowest BCUT2D eigenvalue weighted by molar-refractivity contribution is 0.103. The Morgan fingerprint density at radius 3 is 2.33 bits per heavy atom. The van der Waals surface area contributed by atoms with Crippen molar-refractivity contribution < 1.29 is 13.6 Å². The summed E-state index contributed by atoms with van der Waals surface area (Å²) in [7, 11) is 0. The molecule has 3 nitrogen and oxygen atoms in total. The van der Waals surface area contributed by atoms with Crippen LogP contribution >= 0.6 is 0 Å². The first-order chi connectivity index (χ1) is 8.49. The molecule has 2 aromatic rings. The van der Waals surface area contributed by atoms with E-state index in [1.807, 2.05) is 0 Å². The van der Waals surface area contributed by atoms with Gasteiger partial charge < -0.3 is 11.5 Å². The predicted octanol–water partition coefficient (Wildman–Crippen LogP) is 2.36. The second kappa shape index (κ2) is 4.44. The number of hydrogen-bond donors (Lipinski definition) is 2. The van der Waals surface area contributed by atoms with Gasteiger partial charge in [0.1, 0.15) is 11.6 Å². The summed E-state index contributed by atoms with van der Waals surface area (Å²) in [6.45, 7) is 0. The van der Waals surface area contributed by atoms with E-state index >= 15 is 0 Å². The highest BCUT2D eigenvalue weighted by Crippen LogP contribution is 2.20. The van der Waals surface area contributed by atoms with Crippen molar-refractivity contribution in [2.45, 2.75) is 0 Å². The molecule has 18 heavy (non-hydrogen) atoms.